The summed E-state index contributed by atoms with van der Waals surface area (Å²) in [6.07, 6.45) is 0. The van der Waals surface area contributed by atoms with Gasteiger partial charge in [0, 0.05) is 62.8 Å². The highest BCUT2D eigenvalue weighted by atomic mass is 16.5. The third-order valence-electron chi connectivity index (χ3n) is 5.59. The lowest BCUT2D eigenvalue weighted by atomic mass is 10.1. The molecule has 0 atom stereocenters. The van der Waals surface area contributed by atoms with Gasteiger partial charge < -0.3 is 24.7 Å². The molecule has 0 saturated heterocycles. The third kappa shape index (κ3) is 4.17. The molecule has 3 aromatic carbocycles. The molecule has 4 rings (SSSR count). The molecule has 0 radical (unpaired) electrons. The van der Waals surface area contributed by atoms with Crippen LogP contribution in [0.3, 0.4) is 0 Å². The predicted octanol–water partition coefficient (Wildman–Crippen LogP) is 2.53. The van der Waals surface area contributed by atoms with Crippen molar-refractivity contribution >= 4 is 33.4 Å². The molecule has 1 heterocycles. The van der Waals surface area contributed by atoms with Gasteiger partial charge in [-0.15, -0.1) is 4.57 Å². The van der Waals surface area contributed by atoms with Gasteiger partial charge in [0.1, 0.15) is 16.8 Å². The minimum atomic E-state index is 0.0126. The smallest absolute Gasteiger partial charge is 0.239 e. The standard InChI is InChI=1S/C25H29N4O3/c1-27(2)19-6-10-22-24(16-19)29(18-4-8-21(32-3)9-5-18)25-17-20(7-11-23(25)26-22)28(12-14-30)13-15-31/h4-11,16-17,30-31H,12-15H2,1-3H3/q+1. The van der Waals surface area contributed by atoms with Gasteiger partial charge in [-0.25, -0.2) is 4.98 Å². The number of hydrogen-bond donors (Lipinski definition) is 2. The Hall–Kier alpha value is -3.42. The van der Waals surface area contributed by atoms with Gasteiger partial charge in [0.2, 0.25) is 16.7 Å². The second-order valence-corrected chi connectivity index (χ2v) is 7.82. The second-order valence-electron chi connectivity index (χ2n) is 7.82. The lowest BCUT2D eigenvalue weighted by Gasteiger charge is -2.22. The van der Waals surface area contributed by atoms with Gasteiger partial charge >= 0.3 is 0 Å². The van der Waals surface area contributed by atoms with Crippen LogP contribution in [0.2, 0.25) is 0 Å². The summed E-state index contributed by atoms with van der Waals surface area (Å²) in [6.45, 7) is 0.915. The van der Waals surface area contributed by atoms with Gasteiger partial charge in [-0.2, -0.15) is 0 Å². The van der Waals surface area contributed by atoms with E-state index >= 15 is 0 Å². The van der Waals surface area contributed by atoms with E-state index in [0.29, 0.717) is 13.1 Å². The van der Waals surface area contributed by atoms with Crippen LogP contribution < -0.4 is 19.1 Å². The third-order valence-corrected chi connectivity index (χ3v) is 5.59. The Bertz CT molecular complexity index is 1220. The van der Waals surface area contributed by atoms with E-state index in [9.17, 15) is 10.2 Å². The predicted molar refractivity (Wildman–Crippen MR) is 128 cm³/mol. The lowest BCUT2D eigenvalue weighted by molar-refractivity contribution is -0.538. The van der Waals surface area contributed by atoms with Crippen molar-refractivity contribution < 1.29 is 19.5 Å². The van der Waals surface area contributed by atoms with Gasteiger partial charge in [-0.05, 0) is 36.4 Å². The van der Waals surface area contributed by atoms with Crippen LogP contribution in [0.25, 0.3) is 27.8 Å². The van der Waals surface area contributed by atoms with Crippen LogP contribution in [0.15, 0.2) is 60.7 Å². The zero-order chi connectivity index (χ0) is 22.7. The molecule has 166 valence electrons. The topological polar surface area (TPSA) is 72.9 Å². The molecule has 0 fully saturated rings. The summed E-state index contributed by atoms with van der Waals surface area (Å²) in [7, 11) is 5.70. The molecule has 0 unspecified atom stereocenters. The molecule has 0 spiro atoms. The van der Waals surface area contributed by atoms with E-state index in [0.717, 1.165) is 44.9 Å². The van der Waals surface area contributed by atoms with Crippen molar-refractivity contribution in [3.8, 4) is 11.4 Å². The molecule has 7 heteroatoms. The van der Waals surface area contributed by atoms with Gasteiger partial charge in [0.25, 0.3) is 0 Å². The van der Waals surface area contributed by atoms with E-state index in [4.69, 9.17) is 9.72 Å². The Morgan fingerprint density at radius 1 is 0.812 bits per heavy atom. The number of fused-ring (bicyclic) bond motifs is 2. The van der Waals surface area contributed by atoms with E-state index < -0.39 is 0 Å². The van der Waals surface area contributed by atoms with Crippen molar-refractivity contribution in [3.05, 3.63) is 60.7 Å². The highest BCUT2D eigenvalue weighted by molar-refractivity contribution is 5.86. The fraction of sp³-hybridized carbons (Fsp3) is 0.280. The molecule has 0 aliphatic rings. The van der Waals surface area contributed by atoms with E-state index in [2.05, 4.69) is 27.7 Å². The molecule has 0 amide bonds. The Labute approximate surface area is 187 Å². The van der Waals surface area contributed by atoms with E-state index in [1.807, 2.05) is 61.5 Å². The van der Waals surface area contributed by atoms with Gasteiger partial charge in [0.15, 0.2) is 0 Å². The molecular formula is C25H29N4O3+. The minimum absolute atomic E-state index is 0.0126. The van der Waals surface area contributed by atoms with E-state index in [1.54, 1.807) is 7.11 Å². The fourth-order valence-corrected chi connectivity index (χ4v) is 3.93. The molecule has 32 heavy (non-hydrogen) atoms. The molecular weight excluding hydrogens is 404 g/mol. The van der Waals surface area contributed by atoms with Crippen LogP contribution >= 0.6 is 0 Å². The van der Waals surface area contributed by atoms with Crippen LogP contribution in [-0.2, 0) is 0 Å². The lowest BCUT2D eigenvalue weighted by Crippen LogP contribution is -2.34. The molecule has 4 aromatic rings. The fourth-order valence-electron chi connectivity index (χ4n) is 3.93. The minimum Gasteiger partial charge on any atom is -0.497 e. The largest absolute Gasteiger partial charge is 0.497 e. The van der Waals surface area contributed by atoms with E-state index in [1.165, 1.54) is 0 Å². The van der Waals surface area contributed by atoms with Crippen molar-refractivity contribution in [1.82, 2.24) is 4.98 Å². The Morgan fingerprint density at radius 2 is 1.38 bits per heavy atom. The van der Waals surface area contributed by atoms with Crippen LogP contribution in [0.1, 0.15) is 0 Å². The number of benzene rings is 3. The second kappa shape index (κ2) is 9.38. The average molecular weight is 434 g/mol. The van der Waals surface area contributed by atoms with Crippen molar-refractivity contribution in [1.29, 1.82) is 0 Å². The first-order chi connectivity index (χ1) is 15.5. The number of anilines is 2. The SMILES string of the molecule is COc1ccc(-[n+]2c3cc(N(C)C)ccc3nc3ccc(N(CCO)CCO)cc32)cc1. The summed E-state index contributed by atoms with van der Waals surface area (Å²) in [5.74, 6) is 0.795. The molecule has 0 saturated carbocycles. The van der Waals surface area contributed by atoms with Crippen molar-refractivity contribution in [2.45, 2.75) is 0 Å². The summed E-state index contributed by atoms with van der Waals surface area (Å²) in [6, 6.07) is 20.3. The number of aliphatic hydroxyl groups is 2. The quantitative estimate of drug-likeness (QED) is 0.329. The monoisotopic (exact) mass is 433 g/mol. The summed E-state index contributed by atoms with van der Waals surface area (Å²) in [4.78, 5) is 8.95. The maximum atomic E-state index is 9.49. The van der Waals surface area contributed by atoms with Crippen LogP contribution in [-0.4, -0.2) is 62.7 Å². The van der Waals surface area contributed by atoms with Gasteiger partial charge in [-0.1, -0.05) is 0 Å². The zero-order valence-electron chi connectivity index (χ0n) is 18.7. The Balaban J connectivity index is 2.02. The molecule has 1 aromatic heterocycles. The van der Waals surface area contributed by atoms with E-state index in [-0.39, 0.29) is 13.2 Å². The maximum Gasteiger partial charge on any atom is 0.239 e. The van der Waals surface area contributed by atoms with Crippen molar-refractivity contribution in [2.24, 2.45) is 0 Å². The number of ether oxygens (including phenoxy) is 1. The number of nitrogens with zero attached hydrogens (tertiary/aromatic N) is 4. The highest BCUT2D eigenvalue weighted by Crippen LogP contribution is 2.25. The molecule has 0 bridgehead atoms. The van der Waals surface area contributed by atoms with Crippen molar-refractivity contribution in [2.75, 3.05) is 57.3 Å². The summed E-state index contributed by atoms with van der Waals surface area (Å²) < 4.78 is 7.55. The summed E-state index contributed by atoms with van der Waals surface area (Å²) in [5.41, 5.74) is 6.69. The highest BCUT2D eigenvalue weighted by Gasteiger charge is 2.22. The molecule has 0 aliphatic heterocycles. The number of rotatable bonds is 8. The van der Waals surface area contributed by atoms with Crippen LogP contribution in [0, 0.1) is 0 Å². The number of aliphatic hydroxyl groups excluding tert-OH is 2. The molecule has 2 N–H and O–H groups in total. The van der Waals surface area contributed by atoms with Crippen LogP contribution in [0.4, 0.5) is 11.4 Å². The first-order valence-electron chi connectivity index (χ1n) is 10.6. The normalized spacial score (nSPS) is 11.2. The number of aromatic nitrogens is 2. The Kier molecular flexibility index (Phi) is 6.39. The Morgan fingerprint density at radius 3 is 1.91 bits per heavy atom. The van der Waals surface area contributed by atoms with Crippen LogP contribution in [0.5, 0.6) is 5.75 Å². The van der Waals surface area contributed by atoms with Gasteiger partial charge in [-0.3, -0.25) is 0 Å². The number of methoxy groups -OCH3 is 1. The van der Waals surface area contributed by atoms with Gasteiger partial charge in [0.05, 0.1) is 20.3 Å². The van der Waals surface area contributed by atoms with Crippen molar-refractivity contribution in [3.63, 3.8) is 0 Å². The summed E-state index contributed by atoms with van der Waals surface area (Å²) in [5, 5.41) is 19.0. The average Bonchev–Trinajstić information content (AvgIpc) is 2.82. The molecule has 0 aliphatic carbocycles. The first kappa shape index (κ1) is 21.8. The molecule has 7 nitrogen and oxygen atoms in total. The number of hydrogen-bond acceptors (Lipinski definition) is 6. The zero-order valence-corrected chi connectivity index (χ0v) is 18.7. The summed E-state index contributed by atoms with van der Waals surface area (Å²) >= 11 is 0. The maximum absolute atomic E-state index is 9.49. The first-order valence-corrected chi connectivity index (χ1v) is 10.6.